The third-order valence-corrected chi connectivity index (χ3v) is 5.99. The first-order chi connectivity index (χ1) is 14.4. The van der Waals surface area contributed by atoms with E-state index in [0.717, 1.165) is 23.0 Å². The zero-order valence-electron chi connectivity index (χ0n) is 16.8. The number of carbonyl (C=O) groups excluding carboxylic acids is 2. The monoisotopic (exact) mass is 446 g/mol. The molecule has 158 valence electrons. The highest BCUT2D eigenvalue weighted by atomic mass is 32.2. The van der Waals surface area contributed by atoms with Crippen molar-refractivity contribution in [3.8, 4) is 11.3 Å². The third kappa shape index (κ3) is 4.97. The lowest BCUT2D eigenvalue weighted by atomic mass is 10.1. The van der Waals surface area contributed by atoms with E-state index in [2.05, 4.69) is 25.2 Å². The van der Waals surface area contributed by atoms with E-state index in [1.807, 2.05) is 43.5 Å². The molecular weight excluding hydrogens is 424 g/mol. The highest BCUT2D eigenvalue weighted by Gasteiger charge is 2.26. The van der Waals surface area contributed by atoms with Crippen LogP contribution in [-0.2, 0) is 14.3 Å². The van der Waals surface area contributed by atoms with Crippen LogP contribution >= 0.6 is 23.1 Å². The number of hydrogen-bond acceptors (Lipinski definition) is 9. The molecular formula is C19H22N6O3S2. The van der Waals surface area contributed by atoms with Gasteiger partial charge in [0.15, 0.2) is 10.3 Å². The summed E-state index contributed by atoms with van der Waals surface area (Å²) in [7, 11) is 1.31. The first-order valence-corrected chi connectivity index (χ1v) is 11.0. The lowest BCUT2D eigenvalue weighted by Crippen LogP contribution is -2.27. The molecule has 9 nitrogen and oxygen atoms in total. The molecule has 0 radical (unpaired) electrons. The number of hydrogen-bond donors (Lipinski definition) is 2. The van der Waals surface area contributed by atoms with Crippen molar-refractivity contribution in [1.82, 2.24) is 19.7 Å². The summed E-state index contributed by atoms with van der Waals surface area (Å²) >= 11 is 2.46. The van der Waals surface area contributed by atoms with Gasteiger partial charge in [-0.25, -0.2) is 4.98 Å². The number of thiazole rings is 1. The quantitative estimate of drug-likeness (QED) is 0.399. The van der Waals surface area contributed by atoms with Crippen LogP contribution in [0.3, 0.4) is 0 Å². The molecule has 3 N–H and O–H groups in total. The number of ether oxygens (including phenoxy) is 1. The Morgan fingerprint density at radius 1 is 1.30 bits per heavy atom. The van der Waals surface area contributed by atoms with Gasteiger partial charge in [-0.2, -0.15) is 0 Å². The van der Waals surface area contributed by atoms with Crippen LogP contribution in [0.1, 0.15) is 24.9 Å². The molecule has 0 spiro atoms. The molecule has 1 amide bonds. The van der Waals surface area contributed by atoms with Crippen LogP contribution in [0.25, 0.3) is 11.3 Å². The van der Waals surface area contributed by atoms with Gasteiger partial charge >= 0.3 is 5.97 Å². The van der Waals surface area contributed by atoms with Crippen molar-refractivity contribution in [3.05, 3.63) is 35.2 Å². The maximum absolute atomic E-state index is 13.0. The maximum atomic E-state index is 13.0. The van der Waals surface area contributed by atoms with Gasteiger partial charge in [-0.1, -0.05) is 48.5 Å². The van der Waals surface area contributed by atoms with Crippen LogP contribution in [0, 0.1) is 6.92 Å². The predicted octanol–water partition coefficient (Wildman–Crippen LogP) is 3.15. The second-order valence-electron chi connectivity index (χ2n) is 6.39. The van der Waals surface area contributed by atoms with Crippen molar-refractivity contribution in [3.63, 3.8) is 0 Å². The molecule has 2 heterocycles. The zero-order valence-corrected chi connectivity index (χ0v) is 18.4. The summed E-state index contributed by atoms with van der Waals surface area (Å²) < 4.78 is 6.17. The van der Waals surface area contributed by atoms with Gasteiger partial charge in [-0.3, -0.25) is 14.2 Å². The average molecular weight is 447 g/mol. The molecule has 0 saturated carbocycles. The lowest BCUT2D eigenvalue weighted by molar-refractivity contribution is -0.137. The second kappa shape index (κ2) is 9.72. The number of amides is 1. The van der Waals surface area contributed by atoms with E-state index < -0.39 is 12.0 Å². The maximum Gasteiger partial charge on any atom is 0.316 e. The fourth-order valence-electron chi connectivity index (χ4n) is 2.72. The van der Waals surface area contributed by atoms with Crippen LogP contribution < -0.4 is 11.1 Å². The Bertz CT molecular complexity index is 1030. The molecule has 1 atom stereocenters. The Morgan fingerprint density at radius 3 is 2.70 bits per heavy atom. The summed E-state index contributed by atoms with van der Waals surface area (Å²) in [5, 5.41) is 13.4. The van der Waals surface area contributed by atoms with Gasteiger partial charge in [0.1, 0.15) is 6.04 Å². The fraction of sp³-hybridized carbons (Fsp3) is 0.316. The molecule has 3 aromatic rings. The molecule has 11 heteroatoms. The summed E-state index contributed by atoms with van der Waals surface area (Å²) in [6.07, 6.45) is 0.454. The molecule has 0 saturated heterocycles. The largest absolute Gasteiger partial charge is 0.468 e. The van der Waals surface area contributed by atoms with Gasteiger partial charge in [-0.05, 0) is 13.3 Å². The Hall–Kier alpha value is -2.92. The Morgan fingerprint density at radius 2 is 2.03 bits per heavy atom. The first-order valence-electron chi connectivity index (χ1n) is 9.16. The van der Waals surface area contributed by atoms with E-state index in [0.29, 0.717) is 16.7 Å². The Balaban J connectivity index is 1.75. The molecule has 30 heavy (non-hydrogen) atoms. The molecule has 0 bridgehead atoms. The van der Waals surface area contributed by atoms with Gasteiger partial charge < -0.3 is 15.8 Å². The fourth-order valence-corrected chi connectivity index (χ4v) is 4.27. The summed E-state index contributed by atoms with van der Waals surface area (Å²) in [5.74, 6) is -0.548. The van der Waals surface area contributed by atoms with Crippen LogP contribution in [0.4, 0.5) is 11.1 Å². The topological polar surface area (TPSA) is 125 Å². The van der Waals surface area contributed by atoms with E-state index in [1.54, 1.807) is 0 Å². The highest BCUT2D eigenvalue weighted by Crippen LogP contribution is 2.28. The van der Waals surface area contributed by atoms with E-state index in [-0.39, 0.29) is 17.6 Å². The number of esters is 1. The number of methoxy groups -OCH3 is 1. The number of anilines is 2. The SMILES string of the molecule is CCC(C(=O)Nc1nc(-c2ccc(C)cc2)cs1)n1c(N)nnc1SCC(=O)OC. The summed E-state index contributed by atoms with van der Waals surface area (Å²) in [6.45, 7) is 3.88. The van der Waals surface area contributed by atoms with Gasteiger partial charge in [0.2, 0.25) is 11.9 Å². The zero-order chi connectivity index (χ0) is 21.7. The third-order valence-electron chi connectivity index (χ3n) is 4.32. The number of rotatable bonds is 8. The minimum atomic E-state index is -0.646. The molecule has 0 fully saturated rings. The van der Waals surface area contributed by atoms with E-state index in [4.69, 9.17) is 5.73 Å². The van der Waals surface area contributed by atoms with Gasteiger partial charge in [-0.15, -0.1) is 21.5 Å². The van der Waals surface area contributed by atoms with Crippen molar-refractivity contribution < 1.29 is 14.3 Å². The lowest BCUT2D eigenvalue weighted by Gasteiger charge is -2.18. The number of nitrogens with zero attached hydrogens (tertiary/aromatic N) is 4. The molecule has 0 aliphatic carbocycles. The minimum Gasteiger partial charge on any atom is -0.468 e. The number of aryl methyl sites for hydroxylation is 1. The van der Waals surface area contributed by atoms with Gasteiger partial charge in [0.05, 0.1) is 18.6 Å². The van der Waals surface area contributed by atoms with Crippen molar-refractivity contribution in [2.45, 2.75) is 31.5 Å². The number of aromatic nitrogens is 4. The average Bonchev–Trinajstić information content (AvgIpc) is 3.34. The smallest absolute Gasteiger partial charge is 0.316 e. The number of nitrogen functional groups attached to an aromatic ring is 1. The number of benzene rings is 1. The minimum absolute atomic E-state index is 0.0408. The van der Waals surface area contributed by atoms with Crippen LogP contribution in [0.5, 0.6) is 0 Å². The van der Waals surface area contributed by atoms with Crippen LogP contribution in [-0.4, -0.2) is 44.5 Å². The number of carbonyl (C=O) groups is 2. The summed E-state index contributed by atoms with van der Waals surface area (Å²) in [6, 6.07) is 7.37. The standard InChI is InChI=1S/C19H22N6O3S2/c1-4-14(25-17(20)23-24-19(25)30-10-15(26)28-3)16(27)22-18-21-13(9-29-18)12-7-5-11(2)6-8-12/h5-9,14H,4,10H2,1-3H3,(H2,20,23)(H,21,22,27). The number of thioether (sulfide) groups is 1. The predicted molar refractivity (Wildman–Crippen MR) is 117 cm³/mol. The van der Waals surface area contributed by atoms with E-state index in [1.165, 1.54) is 28.6 Å². The van der Waals surface area contributed by atoms with E-state index in [9.17, 15) is 9.59 Å². The molecule has 2 aromatic heterocycles. The highest BCUT2D eigenvalue weighted by molar-refractivity contribution is 7.99. The van der Waals surface area contributed by atoms with Gasteiger partial charge in [0.25, 0.3) is 0 Å². The normalized spacial score (nSPS) is 11.8. The summed E-state index contributed by atoms with van der Waals surface area (Å²) in [4.78, 5) is 28.9. The first kappa shape index (κ1) is 21.8. The van der Waals surface area contributed by atoms with Crippen molar-refractivity contribution >= 4 is 46.1 Å². The second-order valence-corrected chi connectivity index (χ2v) is 8.19. The Kier molecular flexibility index (Phi) is 7.06. The molecule has 1 unspecified atom stereocenters. The van der Waals surface area contributed by atoms with Crippen molar-refractivity contribution in [2.75, 3.05) is 23.9 Å². The molecule has 0 aliphatic rings. The van der Waals surface area contributed by atoms with Crippen molar-refractivity contribution in [2.24, 2.45) is 0 Å². The molecule has 0 aliphatic heterocycles. The van der Waals surface area contributed by atoms with Crippen LogP contribution in [0.2, 0.25) is 0 Å². The number of nitrogens with one attached hydrogen (secondary N) is 1. The molecule has 3 rings (SSSR count). The van der Waals surface area contributed by atoms with Gasteiger partial charge in [0, 0.05) is 10.9 Å². The Labute approximate surface area is 182 Å². The van der Waals surface area contributed by atoms with Crippen molar-refractivity contribution in [1.29, 1.82) is 0 Å². The molecule has 1 aromatic carbocycles. The number of nitrogens with two attached hydrogens (primary N) is 1. The van der Waals surface area contributed by atoms with Crippen LogP contribution in [0.15, 0.2) is 34.8 Å². The van der Waals surface area contributed by atoms with E-state index >= 15 is 0 Å². The summed E-state index contributed by atoms with van der Waals surface area (Å²) in [5.41, 5.74) is 8.89.